The maximum absolute atomic E-state index is 12.0. The van der Waals surface area contributed by atoms with Crippen molar-refractivity contribution in [2.45, 2.75) is 51.2 Å². The van der Waals surface area contributed by atoms with Crippen LogP contribution >= 0.6 is 0 Å². The number of esters is 1. The standard InChI is InChI=1S/C15H22O3/c1-8-4-7-12-10(3)14(17)18-15(12)11(8)6-5-9(2)13(15)16/h8,10-13,16H,2,4-7H2,1,3H3/t8-,10-,11+,12+,13+,15+/m1/s1. The SMILES string of the molecule is C=C1CC[C@H]2[C@H](C)CC[C@H]3[C@@H](C)C(=O)O[C@@]23[C@H]1O. The average Bonchev–Trinajstić information content (AvgIpc) is 2.59. The number of hydrogen-bond acceptors (Lipinski definition) is 3. The average molecular weight is 250 g/mol. The minimum Gasteiger partial charge on any atom is -0.455 e. The second kappa shape index (κ2) is 3.83. The van der Waals surface area contributed by atoms with Crippen LogP contribution in [-0.4, -0.2) is 22.8 Å². The van der Waals surface area contributed by atoms with E-state index in [0.29, 0.717) is 11.8 Å². The van der Waals surface area contributed by atoms with Crippen molar-refractivity contribution in [3.05, 3.63) is 12.2 Å². The number of rotatable bonds is 0. The predicted molar refractivity (Wildman–Crippen MR) is 67.7 cm³/mol. The summed E-state index contributed by atoms with van der Waals surface area (Å²) in [6, 6.07) is 0. The van der Waals surface area contributed by atoms with Crippen molar-refractivity contribution in [3.8, 4) is 0 Å². The van der Waals surface area contributed by atoms with E-state index in [-0.39, 0.29) is 17.8 Å². The van der Waals surface area contributed by atoms with Gasteiger partial charge in [0.05, 0.1) is 5.92 Å². The van der Waals surface area contributed by atoms with Gasteiger partial charge in [0, 0.05) is 11.8 Å². The normalized spacial score (nSPS) is 51.6. The van der Waals surface area contributed by atoms with Gasteiger partial charge >= 0.3 is 5.97 Å². The first-order valence-electron chi connectivity index (χ1n) is 7.07. The van der Waals surface area contributed by atoms with Crippen molar-refractivity contribution < 1.29 is 14.6 Å². The number of aliphatic hydroxyl groups excluding tert-OH is 1. The van der Waals surface area contributed by atoms with Crippen LogP contribution in [0.5, 0.6) is 0 Å². The largest absolute Gasteiger partial charge is 0.455 e. The maximum Gasteiger partial charge on any atom is 0.309 e. The minimum atomic E-state index is -0.669. The van der Waals surface area contributed by atoms with Crippen LogP contribution in [0.2, 0.25) is 0 Å². The molecule has 1 spiro atoms. The van der Waals surface area contributed by atoms with Gasteiger partial charge in [-0.3, -0.25) is 4.79 Å². The number of ether oxygens (including phenoxy) is 1. The van der Waals surface area contributed by atoms with E-state index in [1.165, 1.54) is 0 Å². The van der Waals surface area contributed by atoms with E-state index in [1.54, 1.807) is 0 Å². The van der Waals surface area contributed by atoms with E-state index in [1.807, 2.05) is 6.92 Å². The second-order valence-corrected chi connectivity index (χ2v) is 6.43. The molecule has 0 amide bonds. The molecule has 3 heteroatoms. The molecule has 18 heavy (non-hydrogen) atoms. The van der Waals surface area contributed by atoms with E-state index < -0.39 is 11.7 Å². The number of carbonyl (C=O) groups is 1. The van der Waals surface area contributed by atoms with Crippen molar-refractivity contribution in [3.63, 3.8) is 0 Å². The quantitative estimate of drug-likeness (QED) is 0.530. The molecule has 3 aliphatic rings. The summed E-state index contributed by atoms with van der Waals surface area (Å²) in [6.45, 7) is 8.14. The van der Waals surface area contributed by atoms with Crippen molar-refractivity contribution in [2.24, 2.45) is 23.7 Å². The Labute approximate surface area is 108 Å². The molecule has 1 heterocycles. The van der Waals surface area contributed by atoms with E-state index in [2.05, 4.69) is 13.5 Å². The number of carbonyl (C=O) groups excluding carboxylic acids is 1. The van der Waals surface area contributed by atoms with E-state index in [4.69, 9.17) is 4.74 Å². The molecule has 2 aliphatic carbocycles. The Morgan fingerprint density at radius 2 is 2.00 bits per heavy atom. The summed E-state index contributed by atoms with van der Waals surface area (Å²) >= 11 is 0. The summed E-state index contributed by atoms with van der Waals surface area (Å²) in [4.78, 5) is 12.0. The Morgan fingerprint density at radius 3 is 2.72 bits per heavy atom. The summed E-state index contributed by atoms with van der Waals surface area (Å²) in [7, 11) is 0. The Kier molecular flexibility index (Phi) is 2.60. The molecule has 2 saturated carbocycles. The third kappa shape index (κ3) is 1.31. The highest BCUT2D eigenvalue weighted by Crippen LogP contribution is 2.58. The first-order chi connectivity index (χ1) is 8.48. The highest BCUT2D eigenvalue weighted by molar-refractivity contribution is 5.76. The summed E-state index contributed by atoms with van der Waals surface area (Å²) in [6.07, 6.45) is 3.30. The smallest absolute Gasteiger partial charge is 0.309 e. The maximum atomic E-state index is 12.0. The molecule has 3 fully saturated rings. The minimum absolute atomic E-state index is 0.0828. The molecule has 0 radical (unpaired) electrons. The molecular formula is C15H22O3. The molecule has 3 rings (SSSR count). The van der Waals surface area contributed by atoms with Crippen LogP contribution < -0.4 is 0 Å². The zero-order valence-electron chi connectivity index (χ0n) is 11.2. The van der Waals surface area contributed by atoms with Crippen LogP contribution in [0.25, 0.3) is 0 Å². The molecule has 0 aromatic carbocycles. The Morgan fingerprint density at radius 1 is 1.28 bits per heavy atom. The Balaban J connectivity index is 2.08. The Bertz CT molecular complexity index is 403. The van der Waals surface area contributed by atoms with Gasteiger partial charge in [0.15, 0.2) is 0 Å². The fourth-order valence-corrected chi connectivity index (χ4v) is 4.58. The summed E-state index contributed by atoms with van der Waals surface area (Å²) in [5.74, 6) is 0.763. The molecule has 100 valence electrons. The number of aliphatic hydroxyl groups is 1. The van der Waals surface area contributed by atoms with Gasteiger partial charge in [-0.2, -0.15) is 0 Å². The molecule has 0 unspecified atom stereocenters. The lowest BCUT2D eigenvalue weighted by Crippen LogP contribution is -2.60. The van der Waals surface area contributed by atoms with Crippen molar-refractivity contribution in [1.29, 1.82) is 0 Å². The van der Waals surface area contributed by atoms with Crippen LogP contribution in [0.15, 0.2) is 12.2 Å². The first-order valence-corrected chi connectivity index (χ1v) is 7.07. The lowest BCUT2D eigenvalue weighted by Gasteiger charge is -2.53. The van der Waals surface area contributed by atoms with Crippen LogP contribution in [0.4, 0.5) is 0 Å². The van der Waals surface area contributed by atoms with Gasteiger partial charge < -0.3 is 9.84 Å². The topological polar surface area (TPSA) is 46.5 Å². The van der Waals surface area contributed by atoms with Gasteiger partial charge in [0.1, 0.15) is 11.7 Å². The third-order valence-corrected chi connectivity index (χ3v) is 5.62. The van der Waals surface area contributed by atoms with E-state index >= 15 is 0 Å². The molecular weight excluding hydrogens is 228 g/mol. The third-order valence-electron chi connectivity index (χ3n) is 5.62. The summed E-state index contributed by atoms with van der Waals surface area (Å²) < 4.78 is 5.77. The molecule has 0 aromatic heterocycles. The molecule has 1 aliphatic heterocycles. The molecule has 0 bridgehead atoms. The van der Waals surface area contributed by atoms with Gasteiger partial charge in [-0.15, -0.1) is 0 Å². The lowest BCUT2D eigenvalue weighted by atomic mass is 9.55. The molecule has 6 atom stereocenters. The summed E-state index contributed by atoms with van der Waals surface area (Å²) in [5.41, 5.74) is 0.177. The molecule has 1 N–H and O–H groups in total. The van der Waals surface area contributed by atoms with E-state index in [9.17, 15) is 9.90 Å². The van der Waals surface area contributed by atoms with Gasteiger partial charge in [-0.05, 0) is 37.2 Å². The summed E-state index contributed by atoms with van der Waals surface area (Å²) in [5, 5.41) is 10.6. The van der Waals surface area contributed by atoms with Crippen molar-refractivity contribution in [2.75, 3.05) is 0 Å². The lowest BCUT2D eigenvalue weighted by molar-refractivity contribution is -0.188. The van der Waals surface area contributed by atoms with E-state index in [0.717, 1.165) is 31.3 Å². The van der Waals surface area contributed by atoms with Crippen molar-refractivity contribution >= 4 is 5.97 Å². The first kappa shape index (κ1) is 12.2. The monoisotopic (exact) mass is 250 g/mol. The zero-order chi connectivity index (χ0) is 13.1. The highest BCUT2D eigenvalue weighted by Gasteiger charge is 2.65. The fraction of sp³-hybridized carbons (Fsp3) is 0.800. The molecule has 0 aromatic rings. The predicted octanol–water partition coefficient (Wildman–Crippen LogP) is 2.29. The highest BCUT2D eigenvalue weighted by atomic mass is 16.6. The van der Waals surface area contributed by atoms with Gasteiger partial charge in [-0.1, -0.05) is 20.4 Å². The zero-order valence-corrected chi connectivity index (χ0v) is 11.2. The van der Waals surface area contributed by atoms with Gasteiger partial charge in [-0.25, -0.2) is 0 Å². The fourth-order valence-electron chi connectivity index (χ4n) is 4.58. The molecule has 1 saturated heterocycles. The second-order valence-electron chi connectivity index (χ2n) is 6.43. The van der Waals surface area contributed by atoms with Gasteiger partial charge in [0.2, 0.25) is 0 Å². The molecule has 3 nitrogen and oxygen atoms in total. The Hall–Kier alpha value is -0.830. The van der Waals surface area contributed by atoms with Crippen LogP contribution in [0.3, 0.4) is 0 Å². The van der Waals surface area contributed by atoms with Crippen LogP contribution in [0, 0.1) is 23.7 Å². The van der Waals surface area contributed by atoms with Gasteiger partial charge in [0.25, 0.3) is 0 Å². The van der Waals surface area contributed by atoms with Crippen LogP contribution in [0.1, 0.15) is 39.5 Å². The van der Waals surface area contributed by atoms with Crippen molar-refractivity contribution in [1.82, 2.24) is 0 Å². The number of hydrogen-bond donors (Lipinski definition) is 1. The van der Waals surface area contributed by atoms with Crippen LogP contribution in [-0.2, 0) is 9.53 Å².